The number of benzene rings is 4. The van der Waals surface area contributed by atoms with E-state index in [4.69, 9.17) is 0 Å². The van der Waals surface area contributed by atoms with Gasteiger partial charge in [-0.25, -0.2) is 0 Å². The van der Waals surface area contributed by atoms with Crippen molar-refractivity contribution in [3.63, 3.8) is 0 Å². The average molecular weight is 513 g/mol. The molecule has 0 unspecified atom stereocenters. The van der Waals surface area contributed by atoms with Crippen molar-refractivity contribution in [1.29, 1.82) is 0 Å². The SMILES string of the molecule is Cc1cc(C)c(-[n+]2c(-c3ccccc3)cc(-c3ccccc3)cc2-c2ccccc2)c(C)c1.F[B-](F)(F)F. The van der Waals surface area contributed by atoms with Crippen molar-refractivity contribution >= 4 is 7.25 Å². The first kappa shape index (κ1) is 26.9. The van der Waals surface area contributed by atoms with E-state index in [2.05, 4.69) is 141 Å². The molecule has 0 radical (unpaired) electrons. The maximum absolute atomic E-state index is 9.75. The summed E-state index contributed by atoms with van der Waals surface area (Å²) in [4.78, 5) is 0. The molecule has 0 N–H and O–H groups in total. The molecule has 0 aliphatic heterocycles. The van der Waals surface area contributed by atoms with Gasteiger partial charge in [-0.1, -0.05) is 72.3 Å². The van der Waals surface area contributed by atoms with Crippen molar-refractivity contribution < 1.29 is 21.8 Å². The van der Waals surface area contributed by atoms with E-state index in [1.807, 2.05) is 0 Å². The minimum Gasteiger partial charge on any atom is -0.418 e. The number of aromatic nitrogens is 1. The van der Waals surface area contributed by atoms with Crippen LogP contribution in [0.15, 0.2) is 115 Å². The highest BCUT2D eigenvalue weighted by molar-refractivity contribution is 6.50. The molecule has 1 heterocycles. The van der Waals surface area contributed by atoms with Crippen LogP contribution in [0.2, 0.25) is 0 Å². The summed E-state index contributed by atoms with van der Waals surface area (Å²) in [7, 11) is -6.00. The topological polar surface area (TPSA) is 3.88 Å². The molecule has 38 heavy (non-hydrogen) atoms. The summed E-state index contributed by atoms with van der Waals surface area (Å²) in [5.74, 6) is 0. The van der Waals surface area contributed by atoms with E-state index in [0.717, 1.165) is 0 Å². The first-order valence-corrected chi connectivity index (χ1v) is 12.3. The highest BCUT2D eigenvalue weighted by Gasteiger charge is 2.27. The molecule has 0 aliphatic carbocycles. The lowest BCUT2D eigenvalue weighted by molar-refractivity contribution is -0.572. The largest absolute Gasteiger partial charge is 0.673 e. The van der Waals surface area contributed by atoms with Gasteiger partial charge in [-0.2, -0.15) is 4.57 Å². The maximum atomic E-state index is 9.75. The molecule has 1 nitrogen and oxygen atoms in total. The van der Waals surface area contributed by atoms with Gasteiger partial charge in [0.05, 0.1) is 0 Å². The minimum absolute atomic E-state index is 1.19. The Labute approximate surface area is 221 Å². The molecule has 192 valence electrons. The van der Waals surface area contributed by atoms with Crippen molar-refractivity contribution in [2.24, 2.45) is 0 Å². The monoisotopic (exact) mass is 513 g/mol. The van der Waals surface area contributed by atoms with Gasteiger partial charge in [0.2, 0.25) is 17.1 Å². The third kappa shape index (κ3) is 6.57. The molecule has 0 atom stereocenters. The molecule has 0 bridgehead atoms. The van der Waals surface area contributed by atoms with Crippen LogP contribution in [0.3, 0.4) is 0 Å². The fourth-order valence-electron chi connectivity index (χ4n) is 4.80. The molecular formula is C32H28BF4N. The summed E-state index contributed by atoms with van der Waals surface area (Å²) < 4.78 is 41.4. The first-order valence-electron chi connectivity index (χ1n) is 12.3. The Morgan fingerprint density at radius 1 is 0.474 bits per heavy atom. The Hall–Kier alpha value is -4.19. The highest BCUT2D eigenvalue weighted by Crippen LogP contribution is 2.32. The second-order valence-electron chi connectivity index (χ2n) is 9.19. The van der Waals surface area contributed by atoms with Crippen LogP contribution in [-0.2, 0) is 0 Å². The van der Waals surface area contributed by atoms with Crippen molar-refractivity contribution in [3.05, 3.63) is 132 Å². The van der Waals surface area contributed by atoms with E-state index >= 15 is 0 Å². The zero-order valence-corrected chi connectivity index (χ0v) is 21.5. The van der Waals surface area contributed by atoms with E-state index in [9.17, 15) is 17.3 Å². The third-order valence-corrected chi connectivity index (χ3v) is 6.17. The van der Waals surface area contributed by atoms with Crippen molar-refractivity contribution in [2.75, 3.05) is 0 Å². The van der Waals surface area contributed by atoms with E-state index in [1.165, 1.54) is 56.0 Å². The van der Waals surface area contributed by atoms with E-state index < -0.39 is 7.25 Å². The van der Waals surface area contributed by atoms with Gasteiger partial charge in [-0.3, -0.25) is 0 Å². The Morgan fingerprint density at radius 2 is 0.816 bits per heavy atom. The second kappa shape index (κ2) is 11.5. The number of aryl methyl sites for hydroxylation is 3. The normalized spacial score (nSPS) is 11.0. The van der Waals surface area contributed by atoms with Crippen molar-refractivity contribution in [3.8, 4) is 39.3 Å². The standard InChI is InChI=1S/C32H28N.BF4/c1-23-19-24(2)32(25(3)20-23)33-30(27-15-9-5-10-16-27)21-29(26-13-7-4-8-14-26)22-31(33)28-17-11-6-12-18-28;2-1(3,4)5/h4-22H,1-3H3;/q+1;-1. The summed E-state index contributed by atoms with van der Waals surface area (Å²) in [6, 6.07) is 41.3. The minimum atomic E-state index is -6.00. The molecule has 5 rings (SSSR count). The molecule has 6 heteroatoms. The van der Waals surface area contributed by atoms with Crippen LogP contribution in [-0.4, -0.2) is 7.25 Å². The quantitative estimate of drug-likeness (QED) is 0.128. The number of rotatable bonds is 4. The highest BCUT2D eigenvalue weighted by atomic mass is 19.5. The van der Waals surface area contributed by atoms with Crippen LogP contribution < -0.4 is 4.57 Å². The van der Waals surface area contributed by atoms with E-state index in [1.54, 1.807) is 0 Å². The molecule has 0 spiro atoms. The lowest BCUT2D eigenvalue weighted by Gasteiger charge is -2.15. The molecule has 4 aromatic carbocycles. The summed E-state index contributed by atoms with van der Waals surface area (Å²) in [6.07, 6.45) is 0. The van der Waals surface area contributed by atoms with Gasteiger partial charge in [0.15, 0.2) is 0 Å². The number of hydrogen-bond acceptors (Lipinski definition) is 0. The average Bonchev–Trinajstić information content (AvgIpc) is 2.88. The van der Waals surface area contributed by atoms with E-state index in [-0.39, 0.29) is 0 Å². The van der Waals surface area contributed by atoms with Crippen LogP contribution in [0.1, 0.15) is 16.7 Å². The molecule has 0 amide bonds. The van der Waals surface area contributed by atoms with Gasteiger partial charge in [0, 0.05) is 34.4 Å². The van der Waals surface area contributed by atoms with Gasteiger partial charge < -0.3 is 17.3 Å². The van der Waals surface area contributed by atoms with Gasteiger partial charge in [0.25, 0.3) is 0 Å². The van der Waals surface area contributed by atoms with Crippen molar-refractivity contribution in [1.82, 2.24) is 0 Å². The van der Waals surface area contributed by atoms with E-state index in [0.29, 0.717) is 0 Å². The second-order valence-corrected chi connectivity index (χ2v) is 9.19. The predicted molar refractivity (Wildman–Crippen MR) is 149 cm³/mol. The molecule has 5 aromatic rings. The predicted octanol–water partition coefficient (Wildman–Crippen LogP) is 9.19. The van der Waals surface area contributed by atoms with Gasteiger partial charge >= 0.3 is 7.25 Å². The van der Waals surface area contributed by atoms with Gasteiger partial charge in [-0.05, 0) is 68.3 Å². The smallest absolute Gasteiger partial charge is 0.418 e. The summed E-state index contributed by atoms with van der Waals surface area (Å²) in [5, 5.41) is 0. The molecular weight excluding hydrogens is 485 g/mol. The third-order valence-electron chi connectivity index (χ3n) is 6.17. The molecule has 0 saturated heterocycles. The summed E-state index contributed by atoms with van der Waals surface area (Å²) >= 11 is 0. The number of halogens is 4. The molecule has 1 aromatic heterocycles. The van der Waals surface area contributed by atoms with Crippen LogP contribution >= 0.6 is 0 Å². The fourth-order valence-corrected chi connectivity index (χ4v) is 4.80. The first-order chi connectivity index (χ1) is 18.1. The van der Waals surface area contributed by atoms with Gasteiger partial charge in [0.1, 0.15) is 0 Å². The lowest BCUT2D eigenvalue weighted by atomic mass is 9.97. The Bertz CT molecular complexity index is 1430. The Balaban J connectivity index is 0.000000617. The van der Waals surface area contributed by atoms with Gasteiger partial charge in [-0.15, -0.1) is 0 Å². The van der Waals surface area contributed by atoms with Crippen LogP contribution in [0.4, 0.5) is 17.3 Å². The summed E-state index contributed by atoms with van der Waals surface area (Å²) in [6.45, 7) is 6.61. The molecule has 0 saturated carbocycles. The Kier molecular flexibility index (Phi) is 8.11. The van der Waals surface area contributed by atoms with Crippen molar-refractivity contribution in [2.45, 2.75) is 20.8 Å². The molecule has 0 aliphatic rings. The lowest BCUT2D eigenvalue weighted by Crippen LogP contribution is -2.38. The van der Waals surface area contributed by atoms with Crippen LogP contribution in [0, 0.1) is 20.8 Å². The fraction of sp³-hybridized carbons (Fsp3) is 0.0938. The maximum Gasteiger partial charge on any atom is 0.673 e. The molecule has 0 fully saturated rings. The number of hydrogen-bond donors (Lipinski definition) is 0. The number of pyridine rings is 1. The zero-order chi connectivity index (χ0) is 27.3. The number of nitrogens with zero attached hydrogens (tertiary/aromatic N) is 1. The summed E-state index contributed by atoms with van der Waals surface area (Å²) in [5.41, 5.74) is 12.3. The Morgan fingerprint density at radius 3 is 1.18 bits per heavy atom. The van der Waals surface area contributed by atoms with Crippen LogP contribution in [0.25, 0.3) is 39.3 Å². The van der Waals surface area contributed by atoms with Crippen LogP contribution in [0.5, 0.6) is 0 Å². The zero-order valence-electron chi connectivity index (χ0n) is 21.5.